The van der Waals surface area contributed by atoms with Crippen LogP contribution >= 0.6 is 0 Å². The second-order valence-corrected chi connectivity index (χ2v) is 14.1. The molecule has 4 aromatic rings. The van der Waals surface area contributed by atoms with Crippen LogP contribution in [-0.4, -0.2) is 86.6 Å². The number of nitrogens with zero attached hydrogens (tertiary/aromatic N) is 3. The van der Waals surface area contributed by atoms with Crippen molar-refractivity contribution < 1.29 is 28.6 Å². The van der Waals surface area contributed by atoms with Gasteiger partial charge in [0.25, 0.3) is 5.91 Å². The van der Waals surface area contributed by atoms with E-state index in [0.717, 1.165) is 73.2 Å². The number of hydrogen-bond acceptors (Lipinski definition) is 8. The van der Waals surface area contributed by atoms with Gasteiger partial charge in [-0.15, -0.1) is 0 Å². The number of benzene rings is 4. The molecule has 0 radical (unpaired) electrons. The molecule has 2 fully saturated rings. The topological polar surface area (TPSA) is 101 Å². The molecule has 0 aromatic heterocycles. The molecule has 2 unspecified atom stereocenters. The van der Waals surface area contributed by atoms with Gasteiger partial charge in [-0.3, -0.25) is 24.6 Å². The average molecular weight is 701 g/mol. The average Bonchev–Trinajstić information content (AvgIpc) is 3.51. The monoisotopic (exact) mass is 700 g/mol. The number of anilines is 1. The van der Waals surface area contributed by atoms with E-state index >= 15 is 0 Å². The largest absolute Gasteiger partial charge is 0.497 e. The first kappa shape index (κ1) is 33.8. The molecule has 0 saturated carbocycles. The third kappa shape index (κ3) is 6.82. The second kappa shape index (κ2) is 14.7. The molecule has 3 amide bonds. The van der Waals surface area contributed by atoms with Crippen LogP contribution in [0.2, 0.25) is 0 Å². The highest BCUT2D eigenvalue weighted by Gasteiger charge is 2.39. The summed E-state index contributed by atoms with van der Waals surface area (Å²) in [6.45, 7) is 6.31. The Hall–Kier alpha value is -5.35. The van der Waals surface area contributed by atoms with Crippen LogP contribution in [0.4, 0.5) is 5.69 Å². The first-order valence-corrected chi connectivity index (χ1v) is 18.3. The van der Waals surface area contributed by atoms with E-state index in [2.05, 4.69) is 81.8 Å². The summed E-state index contributed by atoms with van der Waals surface area (Å²) in [5, 5.41) is 2.37. The molecular weight excluding hydrogens is 656 g/mol. The number of amides is 3. The first-order chi connectivity index (χ1) is 25.4. The Morgan fingerprint density at radius 2 is 1.63 bits per heavy atom. The van der Waals surface area contributed by atoms with Gasteiger partial charge in [0, 0.05) is 80.4 Å². The highest BCUT2D eigenvalue weighted by Crippen LogP contribution is 2.47. The quantitative estimate of drug-likeness (QED) is 0.175. The molecule has 10 nitrogen and oxygen atoms in total. The number of ether oxygens (including phenoxy) is 3. The predicted octanol–water partition coefficient (Wildman–Crippen LogP) is 5.36. The van der Waals surface area contributed by atoms with Crippen LogP contribution in [0.3, 0.4) is 0 Å². The van der Waals surface area contributed by atoms with Crippen LogP contribution < -0.4 is 24.4 Å². The number of piperazine rings is 1. The Kier molecular flexibility index (Phi) is 9.56. The molecule has 4 aliphatic rings. The molecule has 4 aromatic carbocycles. The first-order valence-electron chi connectivity index (χ1n) is 18.3. The Balaban J connectivity index is 0.826. The van der Waals surface area contributed by atoms with E-state index in [1.54, 1.807) is 12.0 Å². The summed E-state index contributed by atoms with van der Waals surface area (Å²) in [7, 11) is 1.68. The number of hydrogen-bond donors (Lipinski definition) is 1. The van der Waals surface area contributed by atoms with Crippen molar-refractivity contribution in [2.75, 3.05) is 57.9 Å². The summed E-state index contributed by atoms with van der Waals surface area (Å²) in [6, 6.07) is 30.7. The van der Waals surface area contributed by atoms with E-state index in [1.807, 2.05) is 24.3 Å². The number of carbonyl (C=O) groups is 3. The number of carbonyl (C=O) groups excluding carboxylic acids is 3. The summed E-state index contributed by atoms with van der Waals surface area (Å²) in [4.78, 5) is 43.6. The zero-order valence-electron chi connectivity index (χ0n) is 29.5. The van der Waals surface area contributed by atoms with Gasteiger partial charge in [0.05, 0.1) is 20.3 Å². The molecule has 1 N–H and O–H groups in total. The number of rotatable bonds is 10. The van der Waals surface area contributed by atoms with Gasteiger partial charge in [-0.05, 0) is 65.9 Å². The van der Waals surface area contributed by atoms with Crippen LogP contribution in [0, 0.1) is 0 Å². The molecule has 10 heteroatoms. The number of piperidine rings is 1. The van der Waals surface area contributed by atoms with Crippen LogP contribution in [0.15, 0.2) is 91.0 Å². The van der Waals surface area contributed by atoms with Crippen molar-refractivity contribution in [2.45, 2.75) is 43.7 Å². The maximum atomic E-state index is 13.1. The zero-order chi connectivity index (χ0) is 35.6. The van der Waals surface area contributed by atoms with E-state index in [-0.39, 0.29) is 36.0 Å². The van der Waals surface area contributed by atoms with Crippen molar-refractivity contribution in [3.63, 3.8) is 0 Å². The molecule has 2 saturated heterocycles. The summed E-state index contributed by atoms with van der Waals surface area (Å²) in [5.74, 6) is 2.09. The zero-order valence-corrected chi connectivity index (χ0v) is 29.5. The second-order valence-electron chi connectivity index (χ2n) is 14.1. The molecule has 3 atom stereocenters. The minimum atomic E-state index is -0.596. The number of imide groups is 1. The number of methoxy groups -OCH3 is 1. The summed E-state index contributed by atoms with van der Waals surface area (Å²) < 4.78 is 17.9. The summed E-state index contributed by atoms with van der Waals surface area (Å²) >= 11 is 0. The number of fused-ring (bicyclic) bond motifs is 2. The summed E-state index contributed by atoms with van der Waals surface area (Å²) in [6.07, 6.45) is 1.56. The molecule has 0 aliphatic carbocycles. The smallest absolute Gasteiger partial charge is 0.255 e. The van der Waals surface area contributed by atoms with Gasteiger partial charge in [0.2, 0.25) is 11.8 Å². The third-order valence-corrected chi connectivity index (χ3v) is 11.0. The molecule has 8 rings (SSSR count). The van der Waals surface area contributed by atoms with Crippen molar-refractivity contribution in [1.29, 1.82) is 0 Å². The minimum absolute atomic E-state index is 0.137. The van der Waals surface area contributed by atoms with E-state index in [0.29, 0.717) is 31.7 Å². The minimum Gasteiger partial charge on any atom is -0.497 e. The van der Waals surface area contributed by atoms with E-state index < -0.39 is 6.04 Å². The summed E-state index contributed by atoms with van der Waals surface area (Å²) in [5.41, 5.74) is 6.34. The fraction of sp³-hybridized carbons (Fsp3) is 0.357. The van der Waals surface area contributed by atoms with Gasteiger partial charge < -0.3 is 24.0 Å². The Bertz CT molecular complexity index is 1940. The predicted molar refractivity (Wildman–Crippen MR) is 197 cm³/mol. The van der Waals surface area contributed by atoms with Crippen LogP contribution in [0.5, 0.6) is 17.2 Å². The highest BCUT2D eigenvalue weighted by molar-refractivity contribution is 6.05. The van der Waals surface area contributed by atoms with Gasteiger partial charge in [-0.2, -0.15) is 0 Å². The van der Waals surface area contributed by atoms with Crippen LogP contribution in [-0.2, 0) is 16.1 Å². The molecule has 0 bridgehead atoms. The molecule has 268 valence electrons. The Labute approximate surface area is 304 Å². The van der Waals surface area contributed by atoms with E-state index in [1.165, 1.54) is 11.1 Å². The molecule has 4 aliphatic heterocycles. The lowest BCUT2D eigenvalue weighted by Gasteiger charge is -2.36. The van der Waals surface area contributed by atoms with Crippen molar-refractivity contribution in [1.82, 2.24) is 15.1 Å². The van der Waals surface area contributed by atoms with Crippen molar-refractivity contribution >= 4 is 23.4 Å². The Morgan fingerprint density at radius 3 is 2.40 bits per heavy atom. The Morgan fingerprint density at radius 1 is 0.846 bits per heavy atom. The van der Waals surface area contributed by atoms with Gasteiger partial charge in [-0.1, -0.05) is 48.5 Å². The fourth-order valence-corrected chi connectivity index (χ4v) is 8.15. The normalized spacial score (nSPS) is 21.6. The van der Waals surface area contributed by atoms with E-state index in [9.17, 15) is 14.4 Å². The number of nitrogens with one attached hydrogen (secondary N) is 1. The van der Waals surface area contributed by atoms with Gasteiger partial charge >= 0.3 is 0 Å². The highest BCUT2D eigenvalue weighted by atomic mass is 16.5. The van der Waals surface area contributed by atoms with Crippen molar-refractivity contribution in [3.05, 3.63) is 119 Å². The van der Waals surface area contributed by atoms with Crippen molar-refractivity contribution in [2.24, 2.45) is 0 Å². The van der Waals surface area contributed by atoms with Crippen molar-refractivity contribution in [3.8, 4) is 17.2 Å². The van der Waals surface area contributed by atoms with Gasteiger partial charge in [0.15, 0.2) is 0 Å². The fourth-order valence-electron chi connectivity index (χ4n) is 8.15. The standard InChI is InChI=1S/C42H44N4O6/c1-50-33-13-15-35-38(25-33)52-27-36(28-6-3-2-4-7-28)40(35)29-8-11-32(12-9-29)51-23-5-18-44-19-21-45(22-20-44)31-10-14-34-30(24-31)26-46(42(34)49)37-16-17-39(47)43-41(37)48/h2-4,6-15,24-25,36-37,40H,5,16-23,26-27H2,1H3,(H,43,47,48)/t36-,37?,40?/m1/s1. The molecular formula is C42H44N4O6. The van der Waals surface area contributed by atoms with Crippen LogP contribution in [0.1, 0.15) is 63.7 Å². The van der Waals surface area contributed by atoms with E-state index in [4.69, 9.17) is 14.2 Å². The maximum absolute atomic E-state index is 13.1. The molecule has 0 spiro atoms. The van der Waals surface area contributed by atoms with Gasteiger partial charge in [0.1, 0.15) is 23.3 Å². The third-order valence-electron chi connectivity index (χ3n) is 11.0. The SMILES string of the molecule is COc1ccc2c(c1)OC[C@H](c1ccccc1)C2c1ccc(OCCCN2CCN(c3ccc4c(c3)CN(C3CCC(=O)NC3=O)C4=O)CC2)cc1. The van der Waals surface area contributed by atoms with Gasteiger partial charge in [-0.25, -0.2) is 0 Å². The lowest BCUT2D eigenvalue weighted by Crippen LogP contribution is -2.52. The lowest BCUT2D eigenvalue weighted by molar-refractivity contribution is -0.136. The molecule has 4 heterocycles. The molecule has 52 heavy (non-hydrogen) atoms. The van der Waals surface area contributed by atoms with Crippen LogP contribution in [0.25, 0.3) is 0 Å². The lowest BCUT2D eigenvalue weighted by atomic mass is 9.76. The maximum Gasteiger partial charge on any atom is 0.255 e.